The Labute approximate surface area is 157 Å². The second-order valence-electron chi connectivity index (χ2n) is 5.94. The van der Waals surface area contributed by atoms with E-state index >= 15 is 0 Å². The Bertz CT molecular complexity index is 866. The smallest absolute Gasteiger partial charge is 0.174 e. The highest BCUT2D eigenvalue weighted by Gasteiger charge is 2.42. The molecule has 0 saturated carbocycles. The van der Waals surface area contributed by atoms with Crippen molar-refractivity contribution in [3.63, 3.8) is 0 Å². The number of anilines is 1. The molecule has 0 radical (unpaired) electrons. The van der Waals surface area contributed by atoms with E-state index in [1.807, 2.05) is 61.5 Å². The van der Waals surface area contributed by atoms with Crippen molar-refractivity contribution in [2.24, 2.45) is 0 Å². The van der Waals surface area contributed by atoms with Gasteiger partial charge in [0.2, 0.25) is 0 Å². The van der Waals surface area contributed by atoms with Crippen LogP contribution in [0.1, 0.15) is 30.5 Å². The number of nitrogens with one attached hydrogen (secondary N) is 1. The molecule has 2 atom stereocenters. The molecule has 132 valence electrons. The molecule has 1 aromatic carbocycles. The quantitative estimate of drug-likeness (QED) is 0.682. The van der Waals surface area contributed by atoms with E-state index in [1.54, 1.807) is 12.5 Å². The van der Waals surface area contributed by atoms with Crippen molar-refractivity contribution in [3.8, 4) is 5.75 Å². The average molecular weight is 365 g/mol. The molecule has 1 saturated heterocycles. The predicted molar refractivity (Wildman–Crippen MR) is 104 cm³/mol. The molecule has 0 bridgehead atoms. The van der Waals surface area contributed by atoms with E-state index in [9.17, 15) is 0 Å². The molecule has 0 spiro atoms. The first-order chi connectivity index (χ1) is 12.8. The zero-order chi connectivity index (χ0) is 17.9. The van der Waals surface area contributed by atoms with Gasteiger partial charge in [0.25, 0.3) is 0 Å². The minimum atomic E-state index is -0.120. The number of aromatic nitrogens is 1. The molecule has 6 heteroatoms. The lowest BCUT2D eigenvalue weighted by molar-refractivity contribution is 0.340. The number of benzene rings is 1. The fourth-order valence-electron chi connectivity index (χ4n) is 3.25. The Morgan fingerprint density at radius 1 is 1.15 bits per heavy atom. The molecule has 1 aliphatic heterocycles. The Morgan fingerprint density at radius 3 is 2.65 bits per heavy atom. The molecule has 0 aliphatic carbocycles. The topological polar surface area (TPSA) is 50.5 Å². The van der Waals surface area contributed by atoms with E-state index < -0.39 is 0 Å². The molecule has 1 fully saturated rings. The maximum atomic E-state index is 5.74. The first-order valence-electron chi connectivity index (χ1n) is 8.55. The maximum absolute atomic E-state index is 5.74. The molecular weight excluding hydrogens is 346 g/mol. The molecule has 0 amide bonds. The summed E-state index contributed by atoms with van der Waals surface area (Å²) in [7, 11) is 0. The van der Waals surface area contributed by atoms with Gasteiger partial charge in [0.15, 0.2) is 5.11 Å². The Balaban J connectivity index is 1.73. The Kier molecular flexibility index (Phi) is 4.58. The van der Waals surface area contributed by atoms with Crippen LogP contribution < -0.4 is 15.0 Å². The van der Waals surface area contributed by atoms with Gasteiger partial charge in [-0.1, -0.05) is 6.07 Å². The summed E-state index contributed by atoms with van der Waals surface area (Å²) >= 11 is 5.65. The van der Waals surface area contributed by atoms with Crippen molar-refractivity contribution in [2.75, 3.05) is 11.5 Å². The number of rotatable bonds is 5. The van der Waals surface area contributed by atoms with Crippen LogP contribution in [0.4, 0.5) is 5.69 Å². The number of ether oxygens (including phenoxy) is 1. The molecule has 4 rings (SSSR count). The molecule has 3 aromatic rings. The van der Waals surface area contributed by atoms with Gasteiger partial charge in [-0.05, 0) is 67.7 Å². The van der Waals surface area contributed by atoms with Crippen LogP contribution in [0.3, 0.4) is 0 Å². The normalized spacial score (nSPS) is 19.4. The van der Waals surface area contributed by atoms with Crippen LogP contribution in [-0.4, -0.2) is 16.7 Å². The van der Waals surface area contributed by atoms with Gasteiger partial charge in [-0.15, -0.1) is 0 Å². The largest absolute Gasteiger partial charge is 0.494 e. The zero-order valence-corrected chi connectivity index (χ0v) is 15.1. The van der Waals surface area contributed by atoms with Crippen molar-refractivity contribution >= 4 is 23.0 Å². The second-order valence-corrected chi connectivity index (χ2v) is 6.33. The monoisotopic (exact) mass is 365 g/mol. The van der Waals surface area contributed by atoms with E-state index in [2.05, 4.69) is 15.2 Å². The molecular formula is C20H19N3O2S. The van der Waals surface area contributed by atoms with E-state index in [-0.39, 0.29) is 12.1 Å². The third-order valence-electron chi connectivity index (χ3n) is 4.36. The van der Waals surface area contributed by atoms with E-state index in [0.717, 1.165) is 22.9 Å². The predicted octanol–water partition coefficient (Wildman–Crippen LogP) is 4.25. The van der Waals surface area contributed by atoms with Gasteiger partial charge in [-0.3, -0.25) is 4.98 Å². The fraction of sp³-hybridized carbons (Fsp3) is 0.200. The third kappa shape index (κ3) is 3.04. The maximum Gasteiger partial charge on any atom is 0.174 e. The van der Waals surface area contributed by atoms with Gasteiger partial charge in [0, 0.05) is 11.9 Å². The lowest BCUT2D eigenvalue weighted by Gasteiger charge is -2.26. The number of hydrogen-bond acceptors (Lipinski definition) is 4. The van der Waals surface area contributed by atoms with Crippen LogP contribution in [0.15, 0.2) is 71.5 Å². The van der Waals surface area contributed by atoms with Crippen molar-refractivity contribution in [2.45, 2.75) is 19.0 Å². The molecule has 0 unspecified atom stereocenters. The number of pyridine rings is 1. The summed E-state index contributed by atoms with van der Waals surface area (Å²) < 4.78 is 11.3. The Hall–Kier alpha value is -2.86. The van der Waals surface area contributed by atoms with Crippen molar-refractivity contribution in [1.82, 2.24) is 10.3 Å². The van der Waals surface area contributed by atoms with Crippen molar-refractivity contribution in [1.29, 1.82) is 0 Å². The highest BCUT2D eigenvalue weighted by Crippen LogP contribution is 2.41. The summed E-state index contributed by atoms with van der Waals surface area (Å²) in [6.45, 7) is 2.61. The highest BCUT2D eigenvalue weighted by atomic mass is 32.1. The first kappa shape index (κ1) is 16.6. The third-order valence-corrected chi connectivity index (χ3v) is 4.67. The molecule has 26 heavy (non-hydrogen) atoms. The van der Waals surface area contributed by atoms with Crippen LogP contribution in [0.5, 0.6) is 5.75 Å². The number of nitrogens with zero attached hydrogens (tertiary/aromatic N) is 2. The summed E-state index contributed by atoms with van der Waals surface area (Å²) in [4.78, 5) is 6.58. The summed E-state index contributed by atoms with van der Waals surface area (Å²) in [5.74, 6) is 1.67. The number of thiocarbonyl (C=S) groups is 1. The van der Waals surface area contributed by atoms with Gasteiger partial charge < -0.3 is 19.4 Å². The van der Waals surface area contributed by atoms with Crippen molar-refractivity contribution < 1.29 is 9.15 Å². The van der Waals surface area contributed by atoms with E-state index in [0.29, 0.717) is 11.7 Å². The SMILES string of the molecule is CCOc1ccc(N2C(=S)N[C@H](c3ccccn3)[C@@H]2c2ccco2)cc1. The van der Waals surface area contributed by atoms with Gasteiger partial charge in [0.1, 0.15) is 17.6 Å². The highest BCUT2D eigenvalue weighted by molar-refractivity contribution is 7.80. The van der Waals surface area contributed by atoms with Gasteiger partial charge in [0.05, 0.1) is 24.6 Å². The summed E-state index contributed by atoms with van der Waals surface area (Å²) in [5.41, 5.74) is 1.90. The number of hydrogen-bond donors (Lipinski definition) is 1. The van der Waals surface area contributed by atoms with Gasteiger partial charge >= 0.3 is 0 Å². The average Bonchev–Trinajstić information content (AvgIpc) is 3.31. The Morgan fingerprint density at radius 2 is 2.00 bits per heavy atom. The lowest BCUT2D eigenvalue weighted by atomic mass is 10.0. The summed E-state index contributed by atoms with van der Waals surface area (Å²) in [5, 5.41) is 4.05. The lowest BCUT2D eigenvalue weighted by Crippen LogP contribution is -2.29. The fourth-order valence-corrected chi connectivity index (χ4v) is 3.60. The zero-order valence-electron chi connectivity index (χ0n) is 14.3. The van der Waals surface area contributed by atoms with Crippen LogP contribution in [0.2, 0.25) is 0 Å². The van der Waals surface area contributed by atoms with E-state index in [1.165, 1.54) is 0 Å². The summed E-state index contributed by atoms with van der Waals surface area (Å²) in [6, 6.07) is 17.5. The van der Waals surface area contributed by atoms with Crippen LogP contribution in [-0.2, 0) is 0 Å². The molecule has 3 heterocycles. The van der Waals surface area contributed by atoms with Crippen LogP contribution in [0, 0.1) is 0 Å². The van der Waals surface area contributed by atoms with Crippen molar-refractivity contribution in [3.05, 3.63) is 78.5 Å². The molecule has 1 aliphatic rings. The van der Waals surface area contributed by atoms with Gasteiger partial charge in [-0.25, -0.2) is 0 Å². The van der Waals surface area contributed by atoms with Crippen LogP contribution >= 0.6 is 12.2 Å². The molecule has 5 nitrogen and oxygen atoms in total. The van der Waals surface area contributed by atoms with Gasteiger partial charge in [-0.2, -0.15) is 0 Å². The minimum absolute atomic E-state index is 0.0959. The molecule has 2 aromatic heterocycles. The first-order valence-corrected chi connectivity index (χ1v) is 8.95. The minimum Gasteiger partial charge on any atom is -0.494 e. The number of furan rings is 1. The summed E-state index contributed by atoms with van der Waals surface area (Å²) in [6.07, 6.45) is 3.47. The second kappa shape index (κ2) is 7.17. The molecule has 1 N–H and O–H groups in total. The van der Waals surface area contributed by atoms with Crippen LogP contribution in [0.25, 0.3) is 0 Å². The van der Waals surface area contributed by atoms with E-state index in [4.69, 9.17) is 21.4 Å². The standard InChI is InChI=1S/C20H19N3O2S/c1-2-24-15-10-8-14(9-11-15)23-19(17-7-5-13-25-17)18(22-20(23)26)16-6-3-4-12-21-16/h3-13,18-19H,2H2,1H3,(H,22,26)/t18-,19+/m1/s1.